The minimum atomic E-state index is -0.185. The zero-order valence-electron chi connectivity index (χ0n) is 10.9. The van der Waals surface area contributed by atoms with Crippen molar-refractivity contribution in [3.8, 4) is 0 Å². The third-order valence-electron chi connectivity index (χ3n) is 4.59. The molecule has 2 heteroatoms. The predicted molar refractivity (Wildman–Crippen MR) is 74.8 cm³/mol. The summed E-state index contributed by atoms with van der Waals surface area (Å²) in [5.74, 6) is 0.499. The highest BCUT2D eigenvalue weighted by Gasteiger charge is 2.32. The Kier molecular flexibility index (Phi) is 3.55. The van der Waals surface area contributed by atoms with E-state index in [0.717, 1.165) is 6.42 Å². The number of fused-ring (bicyclic) bond motifs is 1. The molecule has 0 amide bonds. The van der Waals surface area contributed by atoms with Crippen LogP contribution < -0.4 is 5.32 Å². The van der Waals surface area contributed by atoms with Crippen LogP contribution in [0.25, 0.3) is 0 Å². The van der Waals surface area contributed by atoms with Gasteiger partial charge in [-0.2, -0.15) is 0 Å². The first-order valence-electron chi connectivity index (χ1n) is 7.37. The van der Waals surface area contributed by atoms with Crippen molar-refractivity contribution in [2.75, 3.05) is 5.32 Å². The van der Waals surface area contributed by atoms with Gasteiger partial charge in [0.15, 0.2) is 0 Å². The second kappa shape index (κ2) is 5.31. The van der Waals surface area contributed by atoms with Crippen molar-refractivity contribution in [1.82, 2.24) is 0 Å². The van der Waals surface area contributed by atoms with Gasteiger partial charge in [0.1, 0.15) is 0 Å². The molecule has 2 nitrogen and oxygen atoms in total. The molecule has 0 spiro atoms. The fraction of sp³-hybridized carbons (Fsp3) is 0.625. The lowest BCUT2D eigenvalue weighted by Gasteiger charge is -2.27. The summed E-state index contributed by atoms with van der Waals surface area (Å²) in [6, 6.07) is 8.66. The zero-order chi connectivity index (χ0) is 12.4. The van der Waals surface area contributed by atoms with E-state index in [1.165, 1.54) is 49.8 Å². The van der Waals surface area contributed by atoms with Gasteiger partial charge in [-0.05, 0) is 36.8 Å². The normalized spacial score (nSPS) is 26.2. The summed E-state index contributed by atoms with van der Waals surface area (Å²) in [5.41, 5.74) is 2.57. The third-order valence-corrected chi connectivity index (χ3v) is 4.59. The molecule has 1 fully saturated rings. The molecule has 1 saturated carbocycles. The molecule has 1 aliphatic carbocycles. The van der Waals surface area contributed by atoms with E-state index in [1.54, 1.807) is 0 Å². The Labute approximate surface area is 109 Å². The van der Waals surface area contributed by atoms with Gasteiger partial charge in [-0.1, -0.05) is 43.9 Å². The van der Waals surface area contributed by atoms with Gasteiger partial charge in [0.25, 0.3) is 0 Å². The van der Waals surface area contributed by atoms with Crippen LogP contribution in [0.15, 0.2) is 24.3 Å². The Balaban J connectivity index is 1.66. The second-order valence-corrected chi connectivity index (χ2v) is 5.85. The van der Waals surface area contributed by atoms with Gasteiger partial charge < -0.3 is 10.4 Å². The maximum Gasteiger partial charge on any atom is 0.0772 e. The SMILES string of the molecule is OC(C1CCCCCC1)C1Cc2ccccc2N1. The molecule has 1 aliphatic heterocycles. The minimum Gasteiger partial charge on any atom is -0.391 e. The number of para-hydroxylation sites is 1. The maximum absolute atomic E-state index is 10.6. The van der Waals surface area contributed by atoms with Crippen LogP contribution in [-0.2, 0) is 6.42 Å². The van der Waals surface area contributed by atoms with Crippen LogP contribution in [0.2, 0.25) is 0 Å². The molecule has 3 rings (SSSR count). The monoisotopic (exact) mass is 245 g/mol. The largest absolute Gasteiger partial charge is 0.391 e. The highest BCUT2D eigenvalue weighted by atomic mass is 16.3. The van der Waals surface area contributed by atoms with Crippen LogP contribution in [0.1, 0.15) is 44.1 Å². The summed E-state index contributed by atoms with van der Waals surface area (Å²) in [4.78, 5) is 0. The standard InChI is InChI=1S/C16H23NO/c18-16(12-7-3-1-2-4-8-12)15-11-13-9-5-6-10-14(13)17-15/h5-6,9-10,12,15-18H,1-4,7-8,11H2. The number of hydrogen-bond acceptors (Lipinski definition) is 2. The van der Waals surface area contributed by atoms with Gasteiger partial charge in [0.05, 0.1) is 12.1 Å². The van der Waals surface area contributed by atoms with E-state index < -0.39 is 0 Å². The summed E-state index contributed by atoms with van der Waals surface area (Å²) in [5, 5.41) is 14.1. The molecule has 2 unspecified atom stereocenters. The van der Waals surface area contributed by atoms with Gasteiger partial charge in [0.2, 0.25) is 0 Å². The van der Waals surface area contributed by atoms with Crippen LogP contribution in [0, 0.1) is 5.92 Å². The van der Waals surface area contributed by atoms with Gasteiger partial charge >= 0.3 is 0 Å². The Morgan fingerprint density at radius 3 is 2.50 bits per heavy atom. The van der Waals surface area contributed by atoms with Crippen molar-refractivity contribution < 1.29 is 5.11 Å². The van der Waals surface area contributed by atoms with Gasteiger partial charge in [-0.25, -0.2) is 0 Å². The van der Waals surface area contributed by atoms with Crippen molar-refractivity contribution in [1.29, 1.82) is 0 Å². The molecule has 0 radical (unpaired) electrons. The van der Waals surface area contributed by atoms with E-state index in [0.29, 0.717) is 5.92 Å². The molecule has 1 aromatic carbocycles. The molecule has 2 atom stereocenters. The van der Waals surface area contributed by atoms with Gasteiger partial charge in [-0.3, -0.25) is 0 Å². The fourth-order valence-corrected chi connectivity index (χ4v) is 3.51. The van der Waals surface area contributed by atoms with Crippen molar-refractivity contribution in [3.63, 3.8) is 0 Å². The highest BCUT2D eigenvalue weighted by Crippen LogP contribution is 2.32. The predicted octanol–water partition coefficient (Wildman–Crippen LogP) is 3.35. The van der Waals surface area contributed by atoms with E-state index in [4.69, 9.17) is 0 Å². The summed E-state index contributed by atoms with van der Waals surface area (Å²) >= 11 is 0. The van der Waals surface area contributed by atoms with Crippen molar-refractivity contribution in [2.45, 2.75) is 57.1 Å². The Morgan fingerprint density at radius 1 is 1.06 bits per heavy atom. The smallest absolute Gasteiger partial charge is 0.0772 e. The van der Waals surface area contributed by atoms with Crippen molar-refractivity contribution >= 4 is 5.69 Å². The van der Waals surface area contributed by atoms with E-state index in [1.807, 2.05) is 0 Å². The zero-order valence-corrected chi connectivity index (χ0v) is 10.9. The Bertz CT molecular complexity index is 371. The highest BCUT2D eigenvalue weighted by molar-refractivity contribution is 5.56. The van der Waals surface area contributed by atoms with E-state index >= 15 is 0 Å². The Hall–Kier alpha value is -1.02. The van der Waals surface area contributed by atoms with E-state index in [-0.39, 0.29) is 12.1 Å². The molecule has 2 N–H and O–H groups in total. The lowest BCUT2D eigenvalue weighted by atomic mass is 9.88. The molecular formula is C16H23NO. The van der Waals surface area contributed by atoms with Crippen molar-refractivity contribution in [2.24, 2.45) is 5.92 Å². The number of benzene rings is 1. The molecular weight excluding hydrogens is 222 g/mol. The number of anilines is 1. The fourth-order valence-electron chi connectivity index (χ4n) is 3.51. The average Bonchev–Trinajstić information content (AvgIpc) is 2.64. The first-order valence-corrected chi connectivity index (χ1v) is 7.37. The first kappa shape index (κ1) is 12.0. The van der Waals surface area contributed by atoms with Crippen LogP contribution in [-0.4, -0.2) is 17.3 Å². The quantitative estimate of drug-likeness (QED) is 0.783. The summed E-state index contributed by atoms with van der Waals surface area (Å²) < 4.78 is 0. The number of aliphatic hydroxyl groups is 1. The summed E-state index contributed by atoms with van der Waals surface area (Å²) in [6.45, 7) is 0. The summed E-state index contributed by atoms with van der Waals surface area (Å²) in [7, 11) is 0. The van der Waals surface area contributed by atoms with Gasteiger partial charge in [-0.15, -0.1) is 0 Å². The van der Waals surface area contributed by atoms with Crippen LogP contribution in [0.3, 0.4) is 0 Å². The lowest BCUT2D eigenvalue weighted by molar-refractivity contribution is 0.0818. The van der Waals surface area contributed by atoms with Crippen molar-refractivity contribution in [3.05, 3.63) is 29.8 Å². The first-order chi connectivity index (χ1) is 8.84. The number of nitrogens with one attached hydrogen (secondary N) is 1. The van der Waals surface area contributed by atoms with Gasteiger partial charge in [0, 0.05) is 5.69 Å². The number of rotatable bonds is 2. The summed E-state index contributed by atoms with van der Waals surface area (Å²) in [6.07, 6.45) is 8.49. The van der Waals surface area contributed by atoms with Crippen LogP contribution >= 0.6 is 0 Å². The molecule has 1 aromatic rings. The minimum absolute atomic E-state index is 0.185. The Morgan fingerprint density at radius 2 is 1.78 bits per heavy atom. The van der Waals surface area contributed by atoms with Crippen LogP contribution in [0.4, 0.5) is 5.69 Å². The van der Waals surface area contributed by atoms with Crippen LogP contribution in [0.5, 0.6) is 0 Å². The number of aliphatic hydroxyl groups excluding tert-OH is 1. The topological polar surface area (TPSA) is 32.3 Å². The molecule has 1 heterocycles. The third kappa shape index (κ3) is 2.39. The molecule has 2 aliphatic rings. The molecule has 0 saturated heterocycles. The molecule has 0 aromatic heterocycles. The second-order valence-electron chi connectivity index (χ2n) is 5.85. The van der Waals surface area contributed by atoms with E-state index in [9.17, 15) is 5.11 Å². The lowest BCUT2D eigenvalue weighted by Crippen LogP contribution is -2.37. The molecule has 0 bridgehead atoms. The number of hydrogen-bond donors (Lipinski definition) is 2. The van der Waals surface area contributed by atoms with E-state index in [2.05, 4.69) is 29.6 Å². The average molecular weight is 245 g/mol. The molecule has 18 heavy (non-hydrogen) atoms. The maximum atomic E-state index is 10.6. The molecule has 98 valence electrons.